The molecule has 4 atom stereocenters. The van der Waals surface area contributed by atoms with Crippen molar-refractivity contribution in [2.75, 3.05) is 33.2 Å². The molecule has 2 aliphatic heterocycles. The molecule has 13 heteroatoms. The van der Waals surface area contributed by atoms with Gasteiger partial charge in [0.05, 0.1) is 5.56 Å². The van der Waals surface area contributed by atoms with Gasteiger partial charge in [0, 0.05) is 116 Å². The minimum atomic E-state index is -0.700. The molecular formula is C49H55F2N7O4. The number of nitrogens with one attached hydrogen (secondary N) is 3. The Bertz CT molecular complexity index is 2600. The predicted molar refractivity (Wildman–Crippen MR) is 238 cm³/mol. The Morgan fingerprint density at radius 3 is 1.60 bits per heavy atom. The van der Waals surface area contributed by atoms with Crippen molar-refractivity contribution in [3.05, 3.63) is 142 Å². The molecule has 324 valence electrons. The predicted octanol–water partition coefficient (Wildman–Crippen LogP) is 7.63. The number of hydrogen-bond donors (Lipinski definition) is 3. The summed E-state index contributed by atoms with van der Waals surface area (Å²) in [5, 5.41) is 3.97. The SMILES string of the molecule is CNC(=O)C(=O)c1c[nH]c2cc(C)c(C(=O)N3C[C@H](C)N(Cc4ccc(F)cc4)C[C@H]3C)cc12.Cc1cc2[nH]ccc2cc1C(=O)N1C[C@H](C)N(Cc2ccc(F)cc2)C[C@H]1C. The molecular weight excluding hydrogens is 789 g/mol. The molecule has 3 amide bonds. The molecule has 2 saturated heterocycles. The average Bonchev–Trinajstić information content (AvgIpc) is 3.89. The number of halogens is 2. The number of aromatic nitrogens is 2. The van der Waals surface area contributed by atoms with Gasteiger partial charge in [-0.2, -0.15) is 0 Å². The monoisotopic (exact) mass is 843 g/mol. The summed E-state index contributed by atoms with van der Waals surface area (Å²) in [6, 6.07) is 23.2. The van der Waals surface area contributed by atoms with Gasteiger partial charge in [-0.25, -0.2) is 8.78 Å². The van der Waals surface area contributed by atoms with Crippen LogP contribution in [-0.2, 0) is 17.9 Å². The van der Waals surface area contributed by atoms with Gasteiger partial charge < -0.3 is 25.1 Å². The lowest BCUT2D eigenvalue weighted by molar-refractivity contribution is -0.116. The van der Waals surface area contributed by atoms with Crippen LogP contribution in [0, 0.1) is 25.5 Å². The highest BCUT2D eigenvalue weighted by Gasteiger charge is 2.35. The van der Waals surface area contributed by atoms with E-state index in [0.717, 1.165) is 51.8 Å². The summed E-state index contributed by atoms with van der Waals surface area (Å²) in [5.74, 6) is -1.81. The number of rotatable bonds is 8. The molecule has 0 saturated carbocycles. The van der Waals surface area contributed by atoms with E-state index in [0.29, 0.717) is 42.6 Å². The number of aromatic amines is 2. The Morgan fingerprint density at radius 1 is 0.613 bits per heavy atom. The van der Waals surface area contributed by atoms with E-state index < -0.39 is 11.7 Å². The lowest BCUT2D eigenvalue weighted by atomic mass is 9.99. The van der Waals surface area contributed by atoms with E-state index in [1.165, 1.54) is 37.5 Å². The van der Waals surface area contributed by atoms with Crippen LogP contribution in [-0.4, -0.2) is 110 Å². The summed E-state index contributed by atoms with van der Waals surface area (Å²) in [6.07, 6.45) is 3.41. The van der Waals surface area contributed by atoms with Gasteiger partial charge in [0.2, 0.25) is 0 Å². The summed E-state index contributed by atoms with van der Waals surface area (Å²) in [7, 11) is 1.41. The second-order valence-electron chi connectivity index (χ2n) is 17.0. The number of ketones is 1. The van der Waals surface area contributed by atoms with E-state index in [-0.39, 0.29) is 53.2 Å². The van der Waals surface area contributed by atoms with Crippen LogP contribution >= 0.6 is 0 Å². The van der Waals surface area contributed by atoms with Gasteiger partial charge in [0.1, 0.15) is 11.6 Å². The van der Waals surface area contributed by atoms with Gasteiger partial charge in [0.15, 0.2) is 0 Å². The largest absolute Gasteiger partial charge is 0.361 e. The first kappa shape index (κ1) is 43.9. The van der Waals surface area contributed by atoms with Gasteiger partial charge in [-0.15, -0.1) is 0 Å². The minimum Gasteiger partial charge on any atom is -0.361 e. The zero-order valence-corrected chi connectivity index (χ0v) is 36.4. The highest BCUT2D eigenvalue weighted by Crippen LogP contribution is 2.28. The van der Waals surface area contributed by atoms with Crippen LogP contribution in [0.25, 0.3) is 21.8 Å². The fourth-order valence-corrected chi connectivity index (χ4v) is 8.73. The number of amides is 3. The van der Waals surface area contributed by atoms with Crippen molar-refractivity contribution in [3.8, 4) is 0 Å². The first-order valence-electron chi connectivity index (χ1n) is 21.2. The number of aryl methyl sites for hydroxylation is 2. The van der Waals surface area contributed by atoms with E-state index >= 15 is 0 Å². The Morgan fingerprint density at radius 2 is 1.10 bits per heavy atom. The van der Waals surface area contributed by atoms with E-state index in [1.54, 1.807) is 18.2 Å². The third kappa shape index (κ3) is 9.34. The lowest BCUT2D eigenvalue weighted by Crippen LogP contribution is -2.57. The normalized spacial score (nSPS) is 19.6. The molecule has 3 N–H and O–H groups in total. The summed E-state index contributed by atoms with van der Waals surface area (Å²) < 4.78 is 26.4. The number of nitrogens with zero attached hydrogens (tertiary/aromatic N) is 4. The fraction of sp³-hybridized carbons (Fsp3) is 0.347. The second kappa shape index (κ2) is 18.4. The molecule has 4 aromatic carbocycles. The van der Waals surface area contributed by atoms with Crippen LogP contribution in [0.3, 0.4) is 0 Å². The molecule has 2 fully saturated rings. The quantitative estimate of drug-likeness (QED) is 0.107. The first-order valence-corrected chi connectivity index (χ1v) is 21.2. The molecule has 8 rings (SSSR count). The smallest absolute Gasteiger partial charge is 0.292 e. The number of Topliss-reactive ketones (excluding diaryl/α,β-unsaturated/α-hetero) is 1. The van der Waals surface area contributed by atoms with E-state index in [1.807, 2.05) is 73.2 Å². The molecule has 0 unspecified atom stereocenters. The minimum absolute atomic E-state index is 0.0301. The van der Waals surface area contributed by atoms with E-state index in [9.17, 15) is 28.0 Å². The molecule has 62 heavy (non-hydrogen) atoms. The summed E-state index contributed by atoms with van der Waals surface area (Å²) in [5.41, 5.74) is 7.21. The number of H-pyrrole nitrogens is 2. The zero-order chi connectivity index (χ0) is 44.4. The molecule has 2 aliphatic rings. The maximum absolute atomic E-state index is 13.6. The number of fused-ring (bicyclic) bond motifs is 2. The van der Waals surface area contributed by atoms with Crippen LogP contribution in [0.2, 0.25) is 0 Å². The van der Waals surface area contributed by atoms with Crippen LogP contribution in [0.15, 0.2) is 91.3 Å². The molecule has 0 spiro atoms. The lowest BCUT2D eigenvalue weighted by Gasteiger charge is -2.44. The third-order valence-corrected chi connectivity index (χ3v) is 12.4. The molecule has 11 nitrogen and oxygen atoms in total. The number of likely N-dealkylation sites (N-methyl/N-ethyl adjacent to an activating group) is 1. The number of hydrogen-bond acceptors (Lipinski definition) is 6. The maximum Gasteiger partial charge on any atom is 0.292 e. The Kier molecular flexibility index (Phi) is 13.0. The Hall–Kier alpha value is -6.18. The van der Waals surface area contributed by atoms with Crippen molar-refractivity contribution in [2.45, 2.75) is 78.8 Å². The summed E-state index contributed by atoms with van der Waals surface area (Å²) >= 11 is 0. The summed E-state index contributed by atoms with van der Waals surface area (Å²) in [6.45, 7) is 16.4. The number of carbonyl (C=O) groups is 4. The van der Waals surface area contributed by atoms with E-state index in [2.05, 4.69) is 45.9 Å². The van der Waals surface area contributed by atoms with Gasteiger partial charge in [0.25, 0.3) is 23.5 Å². The van der Waals surface area contributed by atoms with Crippen molar-refractivity contribution in [1.82, 2.24) is 34.9 Å². The molecule has 2 aromatic heterocycles. The van der Waals surface area contributed by atoms with Gasteiger partial charge in [-0.05, 0) is 118 Å². The van der Waals surface area contributed by atoms with Crippen molar-refractivity contribution >= 4 is 45.3 Å². The van der Waals surface area contributed by atoms with Gasteiger partial charge in [-0.3, -0.25) is 29.0 Å². The fourth-order valence-electron chi connectivity index (χ4n) is 8.73. The maximum atomic E-state index is 13.6. The first-order chi connectivity index (χ1) is 29.6. The number of piperazine rings is 2. The zero-order valence-electron chi connectivity index (χ0n) is 36.4. The van der Waals surface area contributed by atoms with Gasteiger partial charge in [-0.1, -0.05) is 24.3 Å². The average molecular weight is 844 g/mol. The third-order valence-electron chi connectivity index (χ3n) is 12.4. The number of benzene rings is 4. The van der Waals surface area contributed by atoms with Crippen molar-refractivity contribution in [1.29, 1.82) is 0 Å². The second-order valence-corrected chi connectivity index (χ2v) is 17.0. The molecule has 6 aromatic rings. The topological polar surface area (TPSA) is 125 Å². The molecule has 4 heterocycles. The highest BCUT2D eigenvalue weighted by molar-refractivity contribution is 6.45. The molecule has 0 bridgehead atoms. The molecule has 0 radical (unpaired) electrons. The standard InChI is InChI=1S/C26H29FN4O3.C23H26FN3O/c1-15-9-23-21(22(11-29-23)24(32)25(33)28-4)10-20(15)26(34)31-13-16(2)30(12-17(31)3)14-18-5-7-19(27)8-6-18;1-15-10-22-19(8-9-25-22)11-21(15)23(28)27-13-16(2)26(12-17(27)3)14-18-4-6-20(24)7-5-18/h5-11,16-17,29H,12-14H2,1-4H3,(H,28,33);4-11,16-17,25H,12-14H2,1-3H3/t2*16-,17+/m00/s1. The van der Waals surface area contributed by atoms with Crippen molar-refractivity contribution < 1.29 is 28.0 Å². The van der Waals surface area contributed by atoms with E-state index in [4.69, 9.17) is 0 Å². The van der Waals surface area contributed by atoms with Crippen LogP contribution in [0.5, 0.6) is 0 Å². The van der Waals surface area contributed by atoms with Gasteiger partial charge >= 0.3 is 0 Å². The summed E-state index contributed by atoms with van der Waals surface area (Å²) in [4.78, 5) is 66.0. The van der Waals surface area contributed by atoms with Crippen LogP contribution < -0.4 is 5.32 Å². The Balaban J connectivity index is 0.000000190. The highest BCUT2D eigenvalue weighted by atomic mass is 19.1. The Labute approximate surface area is 361 Å². The van der Waals surface area contributed by atoms with Crippen LogP contribution in [0.4, 0.5) is 8.78 Å². The number of carbonyl (C=O) groups excluding carboxylic acids is 4. The van der Waals surface area contributed by atoms with Crippen molar-refractivity contribution in [2.24, 2.45) is 0 Å². The van der Waals surface area contributed by atoms with Crippen molar-refractivity contribution in [3.63, 3.8) is 0 Å². The van der Waals surface area contributed by atoms with Crippen LogP contribution in [0.1, 0.15) is 81.0 Å². The molecule has 0 aliphatic carbocycles.